The summed E-state index contributed by atoms with van der Waals surface area (Å²) in [5.41, 5.74) is -0.753. The molecule has 1 aliphatic heterocycles. The number of unbranched alkanes of at least 4 members (excludes halogenated alkanes) is 6. The van der Waals surface area contributed by atoms with E-state index in [4.69, 9.17) is 4.74 Å². The van der Waals surface area contributed by atoms with Gasteiger partial charge in [-0.25, -0.2) is 0 Å². The molecule has 0 spiro atoms. The highest BCUT2D eigenvalue weighted by atomic mass is 16.5. The second-order valence-electron chi connectivity index (χ2n) is 8.64. The van der Waals surface area contributed by atoms with Gasteiger partial charge in [-0.05, 0) is 39.0 Å². The molecule has 6 heteroatoms. The van der Waals surface area contributed by atoms with E-state index >= 15 is 0 Å². The lowest BCUT2D eigenvalue weighted by Crippen LogP contribution is -2.40. The lowest BCUT2D eigenvalue weighted by atomic mass is 9.89. The number of aliphatic hydroxyl groups is 1. The zero-order valence-corrected chi connectivity index (χ0v) is 19.4. The maximum absolute atomic E-state index is 12.3. The Hall–Kier alpha value is -1.43. The number of ketones is 1. The normalized spacial score (nSPS) is 18.7. The van der Waals surface area contributed by atoms with E-state index in [2.05, 4.69) is 6.92 Å². The summed E-state index contributed by atoms with van der Waals surface area (Å²) < 4.78 is 4.92. The van der Waals surface area contributed by atoms with Crippen LogP contribution >= 0.6 is 0 Å². The van der Waals surface area contributed by atoms with Gasteiger partial charge in [-0.3, -0.25) is 14.4 Å². The van der Waals surface area contributed by atoms with Crippen LogP contribution in [-0.2, 0) is 19.1 Å². The van der Waals surface area contributed by atoms with Crippen LogP contribution in [0, 0.1) is 0 Å². The molecule has 1 aliphatic rings. The average molecular weight is 426 g/mol. The third kappa shape index (κ3) is 9.59. The van der Waals surface area contributed by atoms with Crippen LogP contribution in [0.3, 0.4) is 0 Å². The minimum absolute atomic E-state index is 0.00538. The van der Waals surface area contributed by atoms with Crippen molar-refractivity contribution in [2.45, 2.75) is 122 Å². The van der Waals surface area contributed by atoms with Gasteiger partial charge in [0.15, 0.2) is 5.78 Å². The van der Waals surface area contributed by atoms with Gasteiger partial charge in [0.05, 0.1) is 24.7 Å². The maximum Gasteiger partial charge on any atom is 0.305 e. The minimum Gasteiger partial charge on any atom is -0.466 e. The highest BCUT2D eigenvalue weighted by Crippen LogP contribution is 2.27. The first-order valence-corrected chi connectivity index (χ1v) is 12.1. The number of Topliss-reactive ketones (excluding diaryl/α,β-unsaturated/α-hetero) is 1. The lowest BCUT2D eigenvalue weighted by Gasteiger charge is -2.31. The monoisotopic (exact) mass is 425 g/mol. The van der Waals surface area contributed by atoms with E-state index in [-0.39, 0.29) is 30.1 Å². The maximum atomic E-state index is 12.3. The van der Waals surface area contributed by atoms with Crippen LogP contribution in [0.25, 0.3) is 0 Å². The van der Waals surface area contributed by atoms with E-state index in [9.17, 15) is 19.5 Å². The number of hydrogen-bond donors (Lipinski definition) is 1. The summed E-state index contributed by atoms with van der Waals surface area (Å²) in [4.78, 5) is 37.7. The van der Waals surface area contributed by atoms with Gasteiger partial charge in [0, 0.05) is 13.0 Å². The molecule has 6 nitrogen and oxygen atoms in total. The van der Waals surface area contributed by atoms with Crippen molar-refractivity contribution in [1.82, 2.24) is 4.90 Å². The molecule has 0 saturated carbocycles. The molecule has 0 aromatic rings. The summed E-state index contributed by atoms with van der Waals surface area (Å²) in [5.74, 6) is -0.246. The Morgan fingerprint density at radius 2 is 1.73 bits per heavy atom. The fourth-order valence-corrected chi connectivity index (χ4v) is 4.20. The molecule has 1 amide bonds. The highest BCUT2D eigenvalue weighted by molar-refractivity contribution is 6.07. The molecule has 2 atom stereocenters. The summed E-state index contributed by atoms with van der Waals surface area (Å²) in [6.07, 6.45) is 11.0. The standard InChI is InChI=1S/C24H43NO5/c1-4-7-8-13-16-24(29,5-2)17-18-25-20(21(26)19-22(25)27)14-11-9-10-12-15-23(28)30-6-3/h20,29H,4-19H2,1-3H3. The Labute approximate surface area is 182 Å². The molecule has 0 aliphatic carbocycles. The largest absolute Gasteiger partial charge is 0.466 e. The molecule has 2 unspecified atom stereocenters. The number of rotatable bonds is 17. The van der Waals surface area contributed by atoms with E-state index in [0.717, 1.165) is 44.9 Å². The summed E-state index contributed by atoms with van der Waals surface area (Å²) in [7, 11) is 0. The molecule has 0 radical (unpaired) electrons. The Bertz CT molecular complexity index is 536. The summed E-state index contributed by atoms with van der Waals surface area (Å²) in [5, 5.41) is 10.9. The van der Waals surface area contributed by atoms with Gasteiger partial charge in [0.1, 0.15) is 0 Å². The molecular formula is C24H43NO5. The highest BCUT2D eigenvalue weighted by Gasteiger charge is 2.38. The van der Waals surface area contributed by atoms with Crippen molar-refractivity contribution in [3.8, 4) is 0 Å². The average Bonchev–Trinajstić information content (AvgIpc) is 2.99. The molecular weight excluding hydrogens is 382 g/mol. The van der Waals surface area contributed by atoms with Crippen LogP contribution < -0.4 is 0 Å². The predicted molar refractivity (Wildman–Crippen MR) is 118 cm³/mol. The van der Waals surface area contributed by atoms with Gasteiger partial charge in [-0.2, -0.15) is 0 Å². The Morgan fingerprint density at radius 1 is 1.03 bits per heavy atom. The van der Waals surface area contributed by atoms with Crippen molar-refractivity contribution in [1.29, 1.82) is 0 Å². The SMILES string of the molecule is CCCCCCC(O)(CC)CCN1C(=O)CC(=O)C1CCCCCCC(=O)OCC. The minimum atomic E-state index is -0.753. The molecule has 0 aromatic heterocycles. The van der Waals surface area contributed by atoms with E-state index in [1.54, 1.807) is 11.8 Å². The Balaban J connectivity index is 2.41. The van der Waals surface area contributed by atoms with Gasteiger partial charge in [0.25, 0.3) is 0 Å². The second kappa shape index (κ2) is 14.6. The molecule has 174 valence electrons. The number of ether oxygens (including phenoxy) is 1. The second-order valence-corrected chi connectivity index (χ2v) is 8.64. The van der Waals surface area contributed by atoms with Crippen LogP contribution in [-0.4, -0.2) is 52.5 Å². The van der Waals surface area contributed by atoms with Gasteiger partial charge >= 0.3 is 5.97 Å². The number of likely N-dealkylation sites (tertiary alicyclic amines) is 1. The lowest BCUT2D eigenvalue weighted by molar-refractivity contribution is -0.143. The van der Waals surface area contributed by atoms with Crippen LogP contribution in [0.1, 0.15) is 111 Å². The smallest absolute Gasteiger partial charge is 0.305 e. The first-order chi connectivity index (χ1) is 14.4. The van der Waals surface area contributed by atoms with Crippen molar-refractivity contribution in [3.63, 3.8) is 0 Å². The van der Waals surface area contributed by atoms with Crippen molar-refractivity contribution in [2.75, 3.05) is 13.2 Å². The van der Waals surface area contributed by atoms with Gasteiger partial charge < -0.3 is 14.7 Å². The van der Waals surface area contributed by atoms with Gasteiger partial charge in [-0.15, -0.1) is 0 Å². The predicted octanol–water partition coefficient (Wildman–Crippen LogP) is 4.56. The van der Waals surface area contributed by atoms with E-state index in [0.29, 0.717) is 38.8 Å². The molecule has 1 saturated heterocycles. The molecule has 1 heterocycles. The van der Waals surface area contributed by atoms with E-state index < -0.39 is 5.60 Å². The van der Waals surface area contributed by atoms with Crippen molar-refractivity contribution in [2.24, 2.45) is 0 Å². The van der Waals surface area contributed by atoms with Gasteiger partial charge in [-0.1, -0.05) is 58.8 Å². The molecule has 30 heavy (non-hydrogen) atoms. The zero-order chi connectivity index (χ0) is 22.4. The number of nitrogens with zero attached hydrogens (tertiary/aromatic N) is 1. The fraction of sp³-hybridized carbons (Fsp3) is 0.875. The zero-order valence-electron chi connectivity index (χ0n) is 19.4. The van der Waals surface area contributed by atoms with Crippen LogP contribution in [0.15, 0.2) is 0 Å². The summed E-state index contributed by atoms with van der Waals surface area (Å²) >= 11 is 0. The molecule has 1 N–H and O–H groups in total. The van der Waals surface area contributed by atoms with Crippen LogP contribution in [0.2, 0.25) is 0 Å². The van der Waals surface area contributed by atoms with Crippen molar-refractivity contribution in [3.05, 3.63) is 0 Å². The van der Waals surface area contributed by atoms with Crippen molar-refractivity contribution < 1.29 is 24.2 Å². The summed E-state index contributed by atoms with van der Waals surface area (Å²) in [6.45, 7) is 6.83. The summed E-state index contributed by atoms with van der Waals surface area (Å²) in [6, 6.07) is -0.344. The topological polar surface area (TPSA) is 83.9 Å². The number of esters is 1. The number of amides is 1. The van der Waals surface area contributed by atoms with E-state index in [1.165, 1.54) is 12.8 Å². The fourth-order valence-electron chi connectivity index (χ4n) is 4.20. The van der Waals surface area contributed by atoms with Crippen LogP contribution in [0.5, 0.6) is 0 Å². The number of hydrogen-bond acceptors (Lipinski definition) is 5. The quantitative estimate of drug-likeness (QED) is 0.210. The van der Waals surface area contributed by atoms with Gasteiger partial charge in [0.2, 0.25) is 5.91 Å². The number of carbonyl (C=O) groups is 3. The first-order valence-electron chi connectivity index (χ1n) is 12.1. The molecule has 0 bridgehead atoms. The number of carbonyl (C=O) groups excluding carboxylic acids is 3. The Morgan fingerprint density at radius 3 is 2.40 bits per heavy atom. The third-order valence-corrected chi connectivity index (χ3v) is 6.28. The van der Waals surface area contributed by atoms with E-state index in [1.807, 2.05) is 6.92 Å². The Kier molecular flexibility index (Phi) is 12.9. The first kappa shape index (κ1) is 26.6. The molecule has 1 fully saturated rings. The molecule has 0 aromatic carbocycles. The third-order valence-electron chi connectivity index (χ3n) is 6.28. The van der Waals surface area contributed by atoms with Crippen molar-refractivity contribution >= 4 is 17.7 Å². The van der Waals surface area contributed by atoms with Crippen LogP contribution in [0.4, 0.5) is 0 Å². The molecule has 1 rings (SSSR count).